The fraction of sp³-hybridized carbons (Fsp3) is 0.375. The van der Waals surface area contributed by atoms with Gasteiger partial charge in [-0.1, -0.05) is 12.1 Å². The molecule has 0 fully saturated rings. The number of amides is 3. The molecular weight excluding hydrogens is 296 g/mol. The minimum Gasteiger partial charge on any atom is -0.347 e. The first-order chi connectivity index (χ1) is 11.0. The highest BCUT2D eigenvalue weighted by Gasteiger charge is 2.21. The molecule has 2 heterocycles. The molecule has 0 aliphatic carbocycles. The predicted molar refractivity (Wildman–Crippen MR) is 84.8 cm³/mol. The number of carbonyl (C=O) groups is 3. The number of benzene rings is 1. The van der Waals surface area contributed by atoms with Gasteiger partial charge in [-0.3, -0.25) is 14.4 Å². The highest BCUT2D eigenvalue weighted by Crippen LogP contribution is 2.27. The second-order valence-electron chi connectivity index (χ2n) is 5.69. The Balaban J connectivity index is 1.64. The van der Waals surface area contributed by atoms with E-state index in [1.165, 1.54) is 0 Å². The zero-order valence-electron chi connectivity index (χ0n) is 12.9. The lowest BCUT2D eigenvalue weighted by molar-refractivity contribution is -0.121. The fourth-order valence-electron chi connectivity index (χ4n) is 2.74. The Kier molecular flexibility index (Phi) is 4.10. The normalized spacial score (nSPS) is 17.3. The van der Waals surface area contributed by atoms with Crippen LogP contribution in [0.3, 0.4) is 0 Å². The third-order valence-electron chi connectivity index (χ3n) is 4.11. The van der Waals surface area contributed by atoms with E-state index in [-0.39, 0.29) is 24.1 Å². The number of hydrogen-bond acceptors (Lipinski definition) is 4. The second kappa shape index (κ2) is 6.20. The van der Waals surface area contributed by atoms with Crippen molar-refractivity contribution in [2.24, 2.45) is 5.10 Å². The van der Waals surface area contributed by atoms with Crippen LogP contribution in [0.1, 0.15) is 30.4 Å². The van der Waals surface area contributed by atoms with Gasteiger partial charge in [-0.25, -0.2) is 5.43 Å². The van der Waals surface area contributed by atoms with Gasteiger partial charge >= 0.3 is 0 Å². The number of hydrazone groups is 1. The zero-order chi connectivity index (χ0) is 16.4. The lowest BCUT2D eigenvalue weighted by atomic mass is 9.99. The topological polar surface area (TPSA) is 90.9 Å². The lowest BCUT2D eigenvalue weighted by Gasteiger charge is -2.26. The summed E-state index contributed by atoms with van der Waals surface area (Å²) in [7, 11) is 1.78. The van der Waals surface area contributed by atoms with Crippen LogP contribution in [0.25, 0.3) is 0 Å². The van der Waals surface area contributed by atoms with Gasteiger partial charge < -0.3 is 10.2 Å². The number of anilines is 1. The van der Waals surface area contributed by atoms with Crippen LogP contribution in [0.5, 0.6) is 0 Å². The zero-order valence-corrected chi connectivity index (χ0v) is 12.9. The molecule has 1 aromatic carbocycles. The van der Waals surface area contributed by atoms with Gasteiger partial charge in [-0.05, 0) is 23.6 Å². The van der Waals surface area contributed by atoms with Gasteiger partial charge in [-0.15, -0.1) is 0 Å². The smallest absolute Gasteiger partial charge is 0.267 e. The van der Waals surface area contributed by atoms with E-state index in [1.54, 1.807) is 11.9 Å². The monoisotopic (exact) mass is 314 g/mol. The first-order valence-corrected chi connectivity index (χ1v) is 7.56. The van der Waals surface area contributed by atoms with Crippen molar-refractivity contribution in [3.8, 4) is 0 Å². The molecular formula is C16H18N4O3. The number of nitrogens with one attached hydrogen (secondary N) is 2. The van der Waals surface area contributed by atoms with E-state index in [4.69, 9.17) is 0 Å². The molecule has 3 amide bonds. The molecule has 0 atom stereocenters. The van der Waals surface area contributed by atoms with Gasteiger partial charge in [0.05, 0.1) is 0 Å². The van der Waals surface area contributed by atoms with E-state index in [0.717, 1.165) is 23.2 Å². The minimum absolute atomic E-state index is 0.121. The molecule has 0 saturated heterocycles. The number of hydrogen-bond donors (Lipinski definition) is 2. The molecule has 0 bridgehead atoms. The summed E-state index contributed by atoms with van der Waals surface area (Å²) >= 11 is 0. The Bertz CT molecular complexity index is 711. The minimum atomic E-state index is -0.269. The molecule has 7 heteroatoms. The van der Waals surface area contributed by atoms with E-state index in [2.05, 4.69) is 15.8 Å². The Morgan fingerprint density at radius 2 is 2.09 bits per heavy atom. The maximum Gasteiger partial charge on any atom is 0.267 e. The molecule has 2 aliphatic rings. The molecule has 0 radical (unpaired) electrons. The van der Waals surface area contributed by atoms with E-state index in [0.29, 0.717) is 25.1 Å². The molecule has 2 aliphatic heterocycles. The van der Waals surface area contributed by atoms with Gasteiger partial charge in [0.15, 0.2) is 0 Å². The van der Waals surface area contributed by atoms with Crippen LogP contribution < -0.4 is 15.6 Å². The summed E-state index contributed by atoms with van der Waals surface area (Å²) in [5, 5.41) is 6.58. The van der Waals surface area contributed by atoms with E-state index in [1.807, 2.05) is 18.2 Å². The van der Waals surface area contributed by atoms with Crippen molar-refractivity contribution >= 4 is 29.1 Å². The molecule has 0 spiro atoms. The van der Waals surface area contributed by atoms with Crippen LogP contribution >= 0.6 is 0 Å². The Labute approximate surface area is 133 Å². The van der Waals surface area contributed by atoms with E-state index in [9.17, 15) is 14.4 Å². The standard InChI is InChI=1S/C16H18N4O3/c1-20-13-5-2-10(8-11(13)3-7-15(20)22)9-17-16(23)12-4-6-14(21)19-18-12/h2,5,8H,3-4,6-7,9H2,1H3,(H,17,23)(H,19,21). The van der Waals surface area contributed by atoms with Crippen molar-refractivity contribution in [1.29, 1.82) is 0 Å². The lowest BCUT2D eigenvalue weighted by Crippen LogP contribution is -2.36. The first kappa shape index (κ1) is 15.2. The number of aryl methyl sites for hydroxylation is 1. The van der Waals surface area contributed by atoms with Crippen molar-refractivity contribution in [3.05, 3.63) is 29.3 Å². The van der Waals surface area contributed by atoms with Crippen LogP contribution in [0, 0.1) is 0 Å². The van der Waals surface area contributed by atoms with Crippen molar-refractivity contribution < 1.29 is 14.4 Å². The Hall–Kier alpha value is -2.70. The number of carbonyl (C=O) groups excluding carboxylic acids is 3. The third-order valence-corrected chi connectivity index (χ3v) is 4.11. The predicted octanol–water partition coefficient (Wildman–Crippen LogP) is 0.478. The van der Waals surface area contributed by atoms with Crippen LogP contribution in [-0.2, 0) is 27.3 Å². The molecule has 0 saturated carbocycles. The maximum absolute atomic E-state index is 12.0. The Morgan fingerprint density at radius 3 is 2.83 bits per heavy atom. The summed E-state index contributed by atoms with van der Waals surface area (Å²) in [6.45, 7) is 0.386. The average Bonchev–Trinajstić information content (AvgIpc) is 2.56. The fourth-order valence-corrected chi connectivity index (χ4v) is 2.74. The summed E-state index contributed by atoms with van der Waals surface area (Å²) in [6, 6.07) is 5.83. The molecule has 23 heavy (non-hydrogen) atoms. The average molecular weight is 314 g/mol. The molecule has 0 unspecified atom stereocenters. The van der Waals surface area contributed by atoms with Crippen molar-refractivity contribution in [2.75, 3.05) is 11.9 Å². The molecule has 7 nitrogen and oxygen atoms in total. The third kappa shape index (κ3) is 3.23. The SMILES string of the molecule is CN1C(=O)CCc2cc(CNC(=O)C3=NNC(=O)CC3)ccc21. The van der Waals surface area contributed by atoms with E-state index >= 15 is 0 Å². The summed E-state index contributed by atoms with van der Waals surface area (Å²) in [5.41, 5.74) is 5.66. The van der Waals surface area contributed by atoms with E-state index < -0.39 is 0 Å². The maximum atomic E-state index is 12.0. The van der Waals surface area contributed by atoms with Gasteiger partial charge in [0.2, 0.25) is 11.8 Å². The quantitative estimate of drug-likeness (QED) is 0.850. The van der Waals surface area contributed by atoms with Gasteiger partial charge in [-0.2, -0.15) is 5.10 Å². The Morgan fingerprint density at radius 1 is 1.26 bits per heavy atom. The number of rotatable bonds is 3. The highest BCUT2D eigenvalue weighted by molar-refractivity contribution is 6.39. The summed E-state index contributed by atoms with van der Waals surface area (Å²) in [4.78, 5) is 36.4. The van der Waals surface area contributed by atoms with Crippen LogP contribution in [0.2, 0.25) is 0 Å². The summed E-state index contributed by atoms with van der Waals surface area (Å²) in [5.74, 6) is -0.319. The largest absolute Gasteiger partial charge is 0.347 e. The number of nitrogens with zero attached hydrogens (tertiary/aromatic N) is 2. The van der Waals surface area contributed by atoms with Crippen LogP contribution in [-0.4, -0.2) is 30.5 Å². The van der Waals surface area contributed by atoms with Gasteiger partial charge in [0, 0.05) is 38.5 Å². The number of fused-ring (bicyclic) bond motifs is 1. The van der Waals surface area contributed by atoms with Crippen LogP contribution in [0.15, 0.2) is 23.3 Å². The van der Waals surface area contributed by atoms with Crippen LogP contribution in [0.4, 0.5) is 5.69 Å². The summed E-state index contributed by atoms with van der Waals surface area (Å²) < 4.78 is 0. The molecule has 2 N–H and O–H groups in total. The highest BCUT2D eigenvalue weighted by atomic mass is 16.2. The van der Waals surface area contributed by atoms with Crippen molar-refractivity contribution in [2.45, 2.75) is 32.2 Å². The molecule has 120 valence electrons. The molecule has 0 aromatic heterocycles. The molecule has 1 aromatic rings. The summed E-state index contributed by atoms with van der Waals surface area (Å²) in [6.07, 6.45) is 1.87. The van der Waals surface area contributed by atoms with Gasteiger partial charge in [0.1, 0.15) is 5.71 Å². The first-order valence-electron chi connectivity index (χ1n) is 7.56. The molecule has 3 rings (SSSR count). The van der Waals surface area contributed by atoms with Gasteiger partial charge in [0.25, 0.3) is 5.91 Å². The van der Waals surface area contributed by atoms with Crippen molar-refractivity contribution in [1.82, 2.24) is 10.7 Å². The second-order valence-corrected chi connectivity index (χ2v) is 5.69. The van der Waals surface area contributed by atoms with Crippen molar-refractivity contribution in [3.63, 3.8) is 0 Å².